The van der Waals surface area contributed by atoms with Crippen LogP contribution in [0.1, 0.15) is 25.3 Å². The predicted octanol–water partition coefficient (Wildman–Crippen LogP) is 3.62. The Morgan fingerprint density at radius 2 is 1.74 bits per heavy atom. The van der Waals surface area contributed by atoms with Gasteiger partial charge in [-0.1, -0.05) is 48.5 Å². The summed E-state index contributed by atoms with van der Waals surface area (Å²) in [6.45, 7) is 6.48. The van der Waals surface area contributed by atoms with Crippen LogP contribution >= 0.6 is 0 Å². The molecule has 1 aliphatic rings. The molecule has 1 aliphatic heterocycles. The summed E-state index contributed by atoms with van der Waals surface area (Å²) >= 11 is 0. The smallest absolute Gasteiger partial charge is 0.222 e. The first-order valence-corrected chi connectivity index (χ1v) is 9.96. The van der Waals surface area contributed by atoms with Gasteiger partial charge in [0.15, 0.2) is 0 Å². The molecule has 1 atom stereocenters. The Balaban J connectivity index is 1.35. The second-order valence-corrected chi connectivity index (χ2v) is 7.23. The molecule has 0 aliphatic carbocycles. The third-order valence-electron chi connectivity index (χ3n) is 5.20. The van der Waals surface area contributed by atoms with E-state index >= 15 is 0 Å². The fourth-order valence-corrected chi connectivity index (χ4v) is 3.56. The summed E-state index contributed by atoms with van der Waals surface area (Å²) in [6, 6.07) is 20.8. The number of benzene rings is 2. The monoisotopic (exact) mass is 366 g/mol. The zero-order chi connectivity index (χ0) is 18.9. The van der Waals surface area contributed by atoms with Crippen LogP contribution in [0.25, 0.3) is 0 Å². The van der Waals surface area contributed by atoms with Crippen LogP contribution < -0.4 is 4.74 Å². The van der Waals surface area contributed by atoms with Crippen LogP contribution in [-0.2, 0) is 11.2 Å². The summed E-state index contributed by atoms with van der Waals surface area (Å²) in [5, 5.41) is 0. The van der Waals surface area contributed by atoms with Crippen LogP contribution in [0.15, 0.2) is 60.7 Å². The van der Waals surface area contributed by atoms with Crippen molar-refractivity contribution in [3.05, 3.63) is 66.2 Å². The highest BCUT2D eigenvalue weighted by molar-refractivity contribution is 5.76. The van der Waals surface area contributed by atoms with E-state index in [2.05, 4.69) is 42.2 Å². The highest BCUT2D eigenvalue weighted by Crippen LogP contribution is 2.13. The minimum Gasteiger partial charge on any atom is -0.494 e. The highest BCUT2D eigenvalue weighted by atomic mass is 16.5. The standard InChI is InChI=1S/C23H30N2O2/c1-20-19-25(17-16-24(20)15-14-21-9-4-2-5-10-21)23(26)13-8-18-27-22-11-6-3-7-12-22/h2-7,9-12,20H,8,13-19H2,1H3. The summed E-state index contributed by atoms with van der Waals surface area (Å²) in [5.41, 5.74) is 1.38. The molecule has 2 aromatic carbocycles. The number of amides is 1. The van der Waals surface area contributed by atoms with Crippen molar-refractivity contribution < 1.29 is 9.53 Å². The number of carbonyl (C=O) groups excluding carboxylic acids is 1. The van der Waals surface area contributed by atoms with Gasteiger partial charge < -0.3 is 9.64 Å². The van der Waals surface area contributed by atoms with Gasteiger partial charge in [0.2, 0.25) is 5.91 Å². The van der Waals surface area contributed by atoms with Gasteiger partial charge in [-0.25, -0.2) is 0 Å². The molecule has 27 heavy (non-hydrogen) atoms. The third kappa shape index (κ3) is 6.10. The van der Waals surface area contributed by atoms with Gasteiger partial charge in [0.1, 0.15) is 5.75 Å². The number of hydrogen-bond acceptors (Lipinski definition) is 3. The first kappa shape index (κ1) is 19.4. The lowest BCUT2D eigenvalue weighted by Gasteiger charge is -2.40. The van der Waals surface area contributed by atoms with Gasteiger partial charge in [0, 0.05) is 38.6 Å². The van der Waals surface area contributed by atoms with E-state index in [-0.39, 0.29) is 5.91 Å². The summed E-state index contributed by atoms with van der Waals surface area (Å²) in [7, 11) is 0. The number of nitrogens with zero attached hydrogens (tertiary/aromatic N) is 2. The molecule has 2 aromatic rings. The molecule has 0 N–H and O–H groups in total. The SMILES string of the molecule is CC1CN(C(=O)CCCOc2ccccc2)CCN1CCc1ccccc1. The molecule has 0 saturated carbocycles. The van der Waals surface area contributed by atoms with Gasteiger partial charge in [-0.15, -0.1) is 0 Å². The number of hydrogen-bond donors (Lipinski definition) is 0. The van der Waals surface area contributed by atoms with Crippen molar-refractivity contribution in [2.24, 2.45) is 0 Å². The molecular formula is C23H30N2O2. The van der Waals surface area contributed by atoms with Gasteiger partial charge >= 0.3 is 0 Å². The van der Waals surface area contributed by atoms with E-state index in [1.54, 1.807) is 0 Å². The van der Waals surface area contributed by atoms with E-state index in [1.807, 2.05) is 35.2 Å². The second-order valence-electron chi connectivity index (χ2n) is 7.23. The number of rotatable bonds is 8. The molecule has 4 nitrogen and oxygen atoms in total. The maximum Gasteiger partial charge on any atom is 0.222 e. The normalized spacial score (nSPS) is 17.7. The van der Waals surface area contributed by atoms with E-state index in [1.165, 1.54) is 5.56 Å². The average Bonchev–Trinajstić information content (AvgIpc) is 2.71. The molecule has 4 heteroatoms. The van der Waals surface area contributed by atoms with Gasteiger partial charge in [0.05, 0.1) is 6.61 Å². The number of ether oxygens (including phenoxy) is 1. The fraction of sp³-hybridized carbons (Fsp3) is 0.435. The molecule has 3 rings (SSSR count). The molecule has 0 bridgehead atoms. The summed E-state index contributed by atoms with van der Waals surface area (Å²) in [5.74, 6) is 1.12. The highest BCUT2D eigenvalue weighted by Gasteiger charge is 2.25. The van der Waals surface area contributed by atoms with E-state index in [0.717, 1.165) is 44.8 Å². The zero-order valence-corrected chi connectivity index (χ0v) is 16.2. The summed E-state index contributed by atoms with van der Waals surface area (Å²) in [6.07, 6.45) is 2.38. The number of piperazine rings is 1. The Kier molecular flexibility index (Phi) is 7.28. The minimum atomic E-state index is 0.251. The Labute approximate surface area is 162 Å². The Hall–Kier alpha value is -2.33. The molecule has 0 spiro atoms. The lowest BCUT2D eigenvalue weighted by atomic mass is 10.1. The second kappa shape index (κ2) is 10.1. The topological polar surface area (TPSA) is 32.8 Å². The summed E-state index contributed by atoms with van der Waals surface area (Å²) < 4.78 is 5.68. The fourth-order valence-electron chi connectivity index (χ4n) is 3.56. The summed E-state index contributed by atoms with van der Waals surface area (Å²) in [4.78, 5) is 17.0. The molecule has 1 unspecified atom stereocenters. The van der Waals surface area contributed by atoms with E-state index < -0.39 is 0 Å². The van der Waals surface area contributed by atoms with Crippen molar-refractivity contribution in [2.45, 2.75) is 32.2 Å². The number of carbonyl (C=O) groups is 1. The van der Waals surface area contributed by atoms with Crippen molar-refractivity contribution in [1.29, 1.82) is 0 Å². The van der Waals surface area contributed by atoms with Crippen LogP contribution in [0, 0.1) is 0 Å². The first-order valence-electron chi connectivity index (χ1n) is 9.96. The van der Waals surface area contributed by atoms with Crippen molar-refractivity contribution in [3.63, 3.8) is 0 Å². The van der Waals surface area contributed by atoms with Gasteiger partial charge in [0.25, 0.3) is 0 Å². The molecule has 1 saturated heterocycles. The van der Waals surface area contributed by atoms with E-state index in [4.69, 9.17) is 4.74 Å². The molecule has 1 heterocycles. The Morgan fingerprint density at radius 3 is 2.44 bits per heavy atom. The van der Waals surface area contributed by atoms with Crippen molar-refractivity contribution >= 4 is 5.91 Å². The van der Waals surface area contributed by atoms with Crippen LogP contribution in [0.3, 0.4) is 0 Å². The van der Waals surface area contributed by atoms with Crippen molar-refractivity contribution in [2.75, 3.05) is 32.8 Å². The molecule has 0 radical (unpaired) electrons. The largest absolute Gasteiger partial charge is 0.494 e. The molecule has 0 aromatic heterocycles. The maximum absolute atomic E-state index is 12.5. The lowest BCUT2D eigenvalue weighted by Crippen LogP contribution is -2.54. The van der Waals surface area contributed by atoms with Crippen molar-refractivity contribution in [1.82, 2.24) is 9.80 Å². The van der Waals surface area contributed by atoms with Crippen molar-refractivity contribution in [3.8, 4) is 5.75 Å². The Bertz CT molecular complexity index is 690. The van der Waals surface area contributed by atoms with E-state index in [9.17, 15) is 4.79 Å². The maximum atomic E-state index is 12.5. The predicted molar refractivity (Wildman–Crippen MR) is 109 cm³/mol. The van der Waals surface area contributed by atoms with Crippen LogP contribution in [0.2, 0.25) is 0 Å². The zero-order valence-electron chi connectivity index (χ0n) is 16.2. The molecule has 144 valence electrons. The quantitative estimate of drug-likeness (QED) is 0.669. The van der Waals surface area contributed by atoms with Crippen LogP contribution in [-0.4, -0.2) is 54.5 Å². The van der Waals surface area contributed by atoms with Gasteiger partial charge in [-0.05, 0) is 37.5 Å². The van der Waals surface area contributed by atoms with Gasteiger partial charge in [-0.3, -0.25) is 9.69 Å². The Morgan fingerprint density at radius 1 is 1.04 bits per heavy atom. The molecular weight excluding hydrogens is 336 g/mol. The van der Waals surface area contributed by atoms with Crippen LogP contribution in [0.4, 0.5) is 0 Å². The molecule has 1 fully saturated rings. The number of para-hydroxylation sites is 1. The minimum absolute atomic E-state index is 0.251. The van der Waals surface area contributed by atoms with E-state index in [0.29, 0.717) is 19.1 Å². The molecule has 1 amide bonds. The van der Waals surface area contributed by atoms with Crippen LogP contribution in [0.5, 0.6) is 5.75 Å². The average molecular weight is 367 g/mol. The lowest BCUT2D eigenvalue weighted by molar-refractivity contribution is -0.134. The first-order chi connectivity index (χ1) is 13.2. The van der Waals surface area contributed by atoms with Gasteiger partial charge in [-0.2, -0.15) is 0 Å². The third-order valence-corrected chi connectivity index (χ3v) is 5.20.